The molecule has 1 aliphatic heterocycles. The fourth-order valence-electron chi connectivity index (χ4n) is 3.74. The normalized spacial score (nSPS) is 17.7. The summed E-state index contributed by atoms with van der Waals surface area (Å²) in [5, 5.41) is 4.04. The highest BCUT2D eigenvalue weighted by Gasteiger charge is 2.36. The van der Waals surface area contributed by atoms with E-state index >= 15 is 0 Å². The number of carbonyl (C=O) groups excluding carboxylic acids is 1. The lowest BCUT2D eigenvalue weighted by atomic mass is 9.99. The Morgan fingerprint density at radius 3 is 2.82 bits per heavy atom. The van der Waals surface area contributed by atoms with Gasteiger partial charge in [-0.15, -0.1) is 0 Å². The molecule has 1 aliphatic carbocycles. The molecule has 2 fully saturated rings. The molecule has 0 radical (unpaired) electrons. The molecule has 1 amide bonds. The van der Waals surface area contributed by atoms with Crippen molar-refractivity contribution >= 4 is 5.91 Å². The first kappa shape index (κ1) is 18.9. The van der Waals surface area contributed by atoms with Gasteiger partial charge in [-0.1, -0.05) is 18.0 Å². The first-order chi connectivity index (χ1) is 13.7. The molecule has 150 valence electrons. The van der Waals surface area contributed by atoms with Crippen LogP contribution in [0.25, 0.3) is 0 Å². The van der Waals surface area contributed by atoms with Crippen LogP contribution in [-0.2, 0) is 11.2 Å². The molecule has 0 bridgehead atoms. The van der Waals surface area contributed by atoms with Crippen LogP contribution in [0.2, 0.25) is 0 Å². The van der Waals surface area contributed by atoms with E-state index < -0.39 is 0 Å². The van der Waals surface area contributed by atoms with E-state index in [1.165, 1.54) is 31.9 Å². The van der Waals surface area contributed by atoms with E-state index in [4.69, 9.17) is 14.0 Å². The molecular weight excluding hydrogens is 360 g/mol. The third kappa shape index (κ3) is 4.32. The lowest BCUT2D eigenvalue weighted by Gasteiger charge is -2.37. The fraction of sp³-hybridized carbons (Fsp3) is 0.600. The molecule has 28 heavy (non-hydrogen) atoms. The molecule has 1 saturated carbocycles. The Balaban J connectivity index is 1.20. The molecule has 2 aromatic rings. The number of methoxy groups -OCH3 is 1. The summed E-state index contributed by atoms with van der Waals surface area (Å²) in [6, 6.07) is 3.40. The zero-order valence-corrected chi connectivity index (χ0v) is 16.2. The van der Waals surface area contributed by atoms with Crippen molar-refractivity contribution in [3.05, 3.63) is 35.6 Å². The quantitative estimate of drug-likeness (QED) is 0.644. The van der Waals surface area contributed by atoms with Crippen molar-refractivity contribution in [1.29, 1.82) is 0 Å². The van der Waals surface area contributed by atoms with Gasteiger partial charge in [0.05, 0.1) is 25.2 Å². The minimum absolute atomic E-state index is 0.0496. The van der Waals surface area contributed by atoms with E-state index in [0.717, 1.165) is 12.5 Å². The highest BCUT2D eigenvalue weighted by Crippen LogP contribution is 2.27. The van der Waals surface area contributed by atoms with Crippen molar-refractivity contribution in [2.45, 2.75) is 38.0 Å². The second-order valence-electron chi connectivity index (χ2n) is 7.52. The third-order valence-electron chi connectivity index (χ3n) is 5.49. The molecule has 8 heteroatoms. The molecule has 3 heterocycles. The van der Waals surface area contributed by atoms with Gasteiger partial charge >= 0.3 is 0 Å². The summed E-state index contributed by atoms with van der Waals surface area (Å²) in [6.07, 6.45) is 7.43. The standard InChI is InChI=1S/C20H26N4O4/c1-26-18-7-6-15(10-21-18)20(25)24-11-16(12-24)19-22-17(23-28-19)8-9-27-13-14-4-2-3-5-14/h6-7,10,14,16H,2-5,8-9,11-13H2,1H3. The van der Waals surface area contributed by atoms with Crippen LogP contribution >= 0.6 is 0 Å². The van der Waals surface area contributed by atoms with E-state index in [2.05, 4.69) is 15.1 Å². The van der Waals surface area contributed by atoms with Crippen LogP contribution in [0, 0.1) is 5.92 Å². The van der Waals surface area contributed by atoms with E-state index in [9.17, 15) is 4.79 Å². The zero-order chi connectivity index (χ0) is 19.3. The lowest BCUT2D eigenvalue weighted by Crippen LogP contribution is -2.48. The van der Waals surface area contributed by atoms with Gasteiger partial charge in [0.2, 0.25) is 11.8 Å². The summed E-state index contributed by atoms with van der Waals surface area (Å²) >= 11 is 0. The van der Waals surface area contributed by atoms with Gasteiger partial charge < -0.3 is 18.9 Å². The molecule has 0 aromatic carbocycles. The summed E-state index contributed by atoms with van der Waals surface area (Å²) < 4.78 is 16.2. The second kappa shape index (κ2) is 8.68. The summed E-state index contributed by atoms with van der Waals surface area (Å²) in [7, 11) is 1.55. The molecule has 2 aliphatic rings. The second-order valence-corrected chi connectivity index (χ2v) is 7.52. The zero-order valence-electron chi connectivity index (χ0n) is 16.2. The predicted molar refractivity (Wildman–Crippen MR) is 100 cm³/mol. The largest absolute Gasteiger partial charge is 0.481 e. The molecule has 0 unspecified atom stereocenters. The summed E-state index contributed by atoms with van der Waals surface area (Å²) in [6.45, 7) is 2.61. The number of hydrogen-bond acceptors (Lipinski definition) is 7. The molecule has 8 nitrogen and oxygen atoms in total. The van der Waals surface area contributed by atoms with Gasteiger partial charge in [-0.2, -0.15) is 4.98 Å². The van der Waals surface area contributed by atoms with Crippen LogP contribution in [-0.4, -0.2) is 59.3 Å². The maximum atomic E-state index is 12.5. The van der Waals surface area contributed by atoms with Crippen molar-refractivity contribution in [2.75, 3.05) is 33.4 Å². The van der Waals surface area contributed by atoms with Crippen LogP contribution in [0.15, 0.2) is 22.9 Å². The van der Waals surface area contributed by atoms with Gasteiger partial charge in [0.1, 0.15) is 0 Å². The Morgan fingerprint density at radius 2 is 2.11 bits per heavy atom. The summed E-state index contributed by atoms with van der Waals surface area (Å²) in [4.78, 5) is 22.8. The average molecular weight is 386 g/mol. The number of hydrogen-bond donors (Lipinski definition) is 0. The smallest absolute Gasteiger partial charge is 0.255 e. The number of aromatic nitrogens is 3. The number of nitrogens with zero attached hydrogens (tertiary/aromatic N) is 4. The van der Waals surface area contributed by atoms with Crippen molar-refractivity contribution < 1.29 is 18.8 Å². The molecule has 0 spiro atoms. The molecule has 0 atom stereocenters. The van der Waals surface area contributed by atoms with Gasteiger partial charge in [0, 0.05) is 38.4 Å². The van der Waals surface area contributed by atoms with Crippen LogP contribution in [0.1, 0.15) is 53.7 Å². The Bertz CT molecular complexity index is 780. The monoisotopic (exact) mass is 386 g/mol. The van der Waals surface area contributed by atoms with E-state index in [-0.39, 0.29) is 11.8 Å². The Labute approximate surface area is 164 Å². The SMILES string of the molecule is COc1ccc(C(=O)N2CC(c3nc(CCOCC4CCCC4)no3)C2)cn1. The van der Waals surface area contributed by atoms with Gasteiger partial charge in [-0.3, -0.25) is 4.79 Å². The minimum atomic E-state index is -0.0496. The van der Waals surface area contributed by atoms with Gasteiger partial charge in [0.25, 0.3) is 5.91 Å². The van der Waals surface area contributed by atoms with Gasteiger partial charge in [-0.05, 0) is 24.8 Å². The van der Waals surface area contributed by atoms with E-state index in [0.29, 0.717) is 49.3 Å². The van der Waals surface area contributed by atoms with Crippen molar-refractivity contribution in [3.8, 4) is 5.88 Å². The van der Waals surface area contributed by atoms with E-state index in [1.807, 2.05) is 0 Å². The van der Waals surface area contributed by atoms with Crippen LogP contribution in [0.5, 0.6) is 5.88 Å². The van der Waals surface area contributed by atoms with Crippen molar-refractivity contribution in [1.82, 2.24) is 20.0 Å². The first-order valence-corrected chi connectivity index (χ1v) is 9.92. The minimum Gasteiger partial charge on any atom is -0.481 e. The van der Waals surface area contributed by atoms with E-state index in [1.54, 1.807) is 24.1 Å². The van der Waals surface area contributed by atoms with Gasteiger partial charge in [-0.25, -0.2) is 4.98 Å². The number of rotatable bonds is 8. The van der Waals surface area contributed by atoms with Crippen molar-refractivity contribution in [3.63, 3.8) is 0 Å². The maximum Gasteiger partial charge on any atom is 0.255 e. The van der Waals surface area contributed by atoms with Crippen molar-refractivity contribution in [2.24, 2.45) is 5.92 Å². The van der Waals surface area contributed by atoms with Crippen LogP contribution in [0.4, 0.5) is 0 Å². The van der Waals surface area contributed by atoms with Crippen LogP contribution in [0.3, 0.4) is 0 Å². The molecule has 0 N–H and O–H groups in total. The number of pyridine rings is 1. The van der Waals surface area contributed by atoms with Crippen LogP contribution < -0.4 is 4.74 Å². The predicted octanol–water partition coefficient (Wildman–Crippen LogP) is 2.46. The Kier molecular flexibility index (Phi) is 5.85. The summed E-state index contributed by atoms with van der Waals surface area (Å²) in [5.74, 6) is 2.53. The average Bonchev–Trinajstić information content (AvgIpc) is 3.36. The summed E-state index contributed by atoms with van der Waals surface area (Å²) in [5.41, 5.74) is 0.546. The molecule has 2 aromatic heterocycles. The highest BCUT2D eigenvalue weighted by atomic mass is 16.5. The Hall–Kier alpha value is -2.48. The molecular formula is C20H26N4O4. The Morgan fingerprint density at radius 1 is 1.29 bits per heavy atom. The number of carbonyl (C=O) groups is 1. The number of ether oxygens (including phenoxy) is 2. The molecule has 1 saturated heterocycles. The first-order valence-electron chi connectivity index (χ1n) is 9.92. The van der Waals surface area contributed by atoms with Gasteiger partial charge in [0.15, 0.2) is 5.82 Å². The number of likely N-dealkylation sites (tertiary alicyclic amines) is 1. The fourth-order valence-corrected chi connectivity index (χ4v) is 3.74. The lowest BCUT2D eigenvalue weighted by molar-refractivity contribution is 0.0568. The number of amides is 1. The highest BCUT2D eigenvalue weighted by molar-refractivity contribution is 5.94. The third-order valence-corrected chi connectivity index (χ3v) is 5.49. The maximum absolute atomic E-state index is 12.5. The molecule has 4 rings (SSSR count). The topological polar surface area (TPSA) is 90.6 Å².